The number of carbonyl (C=O) groups is 3. The lowest BCUT2D eigenvalue weighted by molar-refractivity contribution is -0.148. The van der Waals surface area contributed by atoms with Gasteiger partial charge >= 0.3 is 5.97 Å². The van der Waals surface area contributed by atoms with Crippen molar-refractivity contribution in [3.63, 3.8) is 0 Å². The maximum Gasteiger partial charge on any atom is 0.308 e. The van der Waals surface area contributed by atoms with Crippen LogP contribution in [0.15, 0.2) is 84.9 Å². The third kappa shape index (κ3) is 6.69. The molecule has 1 atom stereocenters. The lowest BCUT2D eigenvalue weighted by atomic mass is 10.1. The molecular formula is C28H28N2O5. The third-order valence-corrected chi connectivity index (χ3v) is 5.78. The Labute approximate surface area is 204 Å². The van der Waals surface area contributed by atoms with Gasteiger partial charge in [0.2, 0.25) is 5.91 Å². The van der Waals surface area contributed by atoms with Gasteiger partial charge in [-0.2, -0.15) is 0 Å². The summed E-state index contributed by atoms with van der Waals surface area (Å²) in [5.41, 5.74) is 2.42. The van der Waals surface area contributed by atoms with Gasteiger partial charge in [0.25, 0.3) is 5.91 Å². The van der Waals surface area contributed by atoms with Crippen LogP contribution in [0.2, 0.25) is 0 Å². The highest BCUT2D eigenvalue weighted by molar-refractivity contribution is 5.99. The molecule has 180 valence electrons. The number of amides is 2. The van der Waals surface area contributed by atoms with Crippen LogP contribution in [0.3, 0.4) is 0 Å². The number of benzene rings is 3. The summed E-state index contributed by atoms with van der Waals surface area (Å²) in [4.78, 5) is 39.8. The van der Waals surface area contributed by atoms with Crippen molar-refractivity contribution >= 4 is 17.8 Å². The molecule has 1 heterocycles. The number of rotatable bonds is 9. The third-order valence-electron chi connectivity index (χ3n) is 5.78. The standard InChI is InChI=1S/C28H28N2O5/c31-26(35-20-22-10-5-2-6-11-22)19-25-27(32)29-15-16-30(25)28(33)23-12-7-13-24(18-23)34-17-14-21-8-3-1-4-9-21/h1-13,18,25H,14-17,19-20H2,(H,29,32). The number of nitrogens with zero attached hydrogens (tertiary/aromatic N) is 1. The smallest absolute Gasteiger partial charge is 0.308 e. The molecular weight excluding hydrogens is 444 g/mol. The van der Waals surface area contributed by atoms with Crippen LogP contribution in [0.4, 0.5) is 0 Å². The SMILES string of the molecule is O=C(CC1C(=O)NCCN1C(=O)c1cccc(OCCc2ccccc2)c1)OCc1ccccc1. The largest absolute Gasteiger partial charge is 0.493 e. The number of hydrogen-bond acceptors (Lipinski definition) is 5. The molecule has 0 radical (unpaired) electrons. The fourth-order valence-electron chi connectivity index (χ4n) is 3.93. The Hall–Kier alpha value is -4.13. The number of esters is 1. The highest BCUT2D eigenvalue weighted by Crippen LogP contribution is 2.19. The molecule has 1 saturated heterocycles. The first kappa shape index (κ1) is 24.0. The molecule has 0 aromatic heterocycles. The van der Waals surface area contributed by atoms with E-state index in [9.17, 15) is 14.4 Å². The molecule has 0 spiro atoms. The summed E-state index contributed by atoms with van der Waals surface area (Å²) in [6.45, 7) is 1.22. The summed E-state index contributed by atoms with van der Waals surface area (Å²) in [5.74, 6) is -0.649. The Bertz CT molecular complexity index is 1150. The summed E-state index contributed by atoms with van der Waals surface area (Å²) in [5, 5.41) is 2.74. The molecule has 0 bridgehead atoms. The number of hydrogen-bond donors (Lipinski definition) is 1. The number of ether oxygens (including phenoxy) is 2. The van der Waals surface area contributed by atoms with Crippen LogP contribution in [-0.2, 0) is 27.4 Å². The van der Waals surface area contributed by atoms with Gasteiger partial charge in [-0.25, -0.2) is 0 Å². The van der Waals surface area contributed by atoms with Gasteiger partial charge in [-0.3, -0.25) is 14.4 Å². The van der Waals surface area contributed by atoms with Crippen molar-refractivity contribution in [1.82, 2.24) is 10.2 Å². The van der Waals surface area contributed by atoms with Crippen LogP contribution in [0.1, 0.15) is 27.9 Å². The summed E-state index contributed by atoms with van der Waals surface area (Å²) >= 11 is 0. The average Bonchev–Trinajstić information content (AvgIpc) is 2.90. The molecule has 35 heavy (non-hydrogen) atoms. The Balaban J connectivity index is 1.37. The zero-order valence-corrected chi connectivity index (χ0v) is 19.4. The van der Waals surface area contributed by atoms with Crippen molar-refractivity contribution in [3.8, 4) is 5.75 Å². The molecule has 3 aromatic rings. The Morgan fingerprint density at radius 3 is 2.37 bits per heavy atom. The van der Waals surface area contributed by atoms with Crippen LogP contribution in [0, 0.1) is 0 Å². The van der Waals surface area contributed by atoms with Gasteiger partial charge in [0.05, 0.1) is 13.0 Å². The molecule has 0 aliphatic carbocycles. The maximum absolute atomic E-state index is 13.3. The van der Waals surface area contributed by atoms with Crippen molar-refractivity contribution in [2.45, 2.75) is 25.5 Å². The molecule has 1 N–H and O–H groups in total. The molecule has 0 saturated carbocycles. The quantitative estimate of drug-likeness (QED) is 0.483. The first-order chi connectivity index (χ1) is 17.1. The predicted molar refractivity (Wildman–Crippen MR) is 131 cm³/mol. The van der Waals surface area contributed by atoms with Gasteiger partial charge in [-0.15, -0.1) is 0 Å². The van der Waals surface area contributed by atoms with Gasteiger partial charge in [-0.1, -0.05) is 66.7 Å². The van der Waals surface area contributed by atoms with E-state index in [1.165, 1.54) is 10.5 Å². The van der Waals surface area contributed by atoms with Crippen LogP contribution >= 0.6 is 0 Å². The van der Waals surface area contributed by atoms with Crippen molar-refractivity contribution < 1.29 is 23.9 Å². The fourth-order valence-corrected chi connectivity index (χ4v) is 3.93. The van der Waals surface area contributed by atoms with Gasteiger partial charge in [0.15, 0.2) is 0 Å². The molecule has 4 rings (SSSR count). The molecule has 2 amide bonds. The van der Waals surface area contributed by atoms with Crippen molar-refractivity contribution in [3.05, 3.63) is 102 Å². The second kappa shape index (κ2) is 11.8. The normalized spacial score (nSPS) is 15.3. The van der Waals surface area contributed by atoms with E-state index in [-0.39, 0.29) is 24.8 Å². The van der Waals surface area contributed by atoms with Gasteiger partial charge in [0.1, 0.15) is 18.4 Å². The molecule has 1 aliphatic heterocycles. The van der Waals surface area contributed by atoms with Crippen molar-refractivity contribution in [2.24, 2.45) is 0 Å². The molecule has 3 aromatic carbocycles. The minimum atomic E-state index is -0.929. The number of piperazine rings is 1. The van der Waals surface area contributed by atoms with E-state index in [1.807, 2.05) is 60.7 Å². The fraction of sp³-hybridized carbons (Fsp3) is 0.250. The molecule has 1 aliphatic rings. The summed E-state index contributed by atoms with van der Waals surface area (Å²) in [7, 11) is 0. The molecule has 7 heteroatoms. The minimum Gasteiger partial charge on any atom is -0.493 e. The van der Waals surface area contributed by atoms with Gasteiger partial charge in [-0.05, 0) is 29.3 Å². The van der Waals surface area contributed by atoms with Crippen molar-refractivity contribution in [2.75, 3.05) is 19.7 Å². The minimum absolute atomic E-state index is 0.115. The van der Waals surface area contributed by atoms with E-state index in [4.69, 9.17) is 9.47 Å². The summed E-state index contributed by atoms with van der Waals surface area (Å²) in [6.07, 6.45) is 0.538. The monoisotopic (exact) mass is 472 g/mol. The highest BCUT2D eigenvalue weighted by atomic mass is 16.5. The second-order valence-corrected chi connectivity index (χ2v) is 8.27. The van der Waals surface area contributed by atoms with Gasteiger partial charge in [0, 0.05) is 25.1 Å². The molecule has 1 unspecified atom stereocenters. The van der Waals surface area contributed by atoms with E-state index in [0.29, 0.717) is 31.0 Å². The van der Waals surface area contributed by atoms with Crippen LogP contribution in [0.25, 0.3) is 0 Å². The van der Waals surface area contributed by atoms with Crippen LogP contribution in [-0.4, -0.2) is 48.4 Å². The summed E-state index contributed by atoms with van der Waals surface area (Å²) in [6, 6.07) is 25.3. The summed E-state index contributed by atoms with van der Waals surface area (Å²) < 4.78 is 11.2. The van der Waals surface area contributed by atoms with E-state index in [0.717, 1.165) is 12.0 Å². The zero-order valence-electron chi connectivity index (χ0n) is 19.4. The lowest BCUT2D eigenvalue weighted by Crippen LogP contribution is -2.57. The Morgan fingerprint density at radius 2 is 1.63 bits per heavy atom. The topological polar surface area (TPSA) is 84.9 Å². The molecule has 7 nitrogen and oxygen atoms in total. The first-order valence-electron chi connectivity index (χ1n) is 11.6. The number of carbonyl (C=O) groups excluding carboxylic acids is 3. The van der Waals surface area contributed by atoms with Gasteiger partial charge < -0.3 is 19.7 Å². The maximum atomic E-state index is 13.3. The van der Waals surface area contributed by atoms with Crippen LogP contribution in [0.5, 0.6) is 5.75 Å². The molecule has 1 fully saturated rings. The van der Waals surface area contributed by atoms with Crippen molar-refractivity contribution in [1.29, 1.82) is 0 Å². The first-order valence-corrected chi connectivity index (χ1v) is 11.6. The highest BCUT2D eigenvalue weighted by Gasteiger charge is 2.35. The number of nitrogens with one attached hydrogen (secondary N) is 1. The predicted octanol–water partition coefficient (Wildman–Crippen LogP) is 3.38. The Morgan fingerprint density at radius 1 is 0.914 bits per heavy atom. The second-order valence-electron chi connectivity index (χ2n) is 8.27. The van der Waals surface area contributed by atoms with Crippen LogP contribution < -0.4 is 10.1 Å². The lowest BCUT2D eigenvalue weighted by Gasteiger charge is -2.34. The van der Waals surface area contributed by atoms with E-state index < -0.39 is 12.0 Å². The van der Waals surface area contributed by atoms with E-state index >= 15 is 0 Å². The average molecular weight is 473 g/mol. The van der Waals surface area contributed by atoms with E-state index in [2.05, 4.69) is 5.32 Å². The van der Waals surface area contributed by atoms with E-state index in [1.54, 1.807) is 24.3 Å². The Kier molecular flexibility index (Phi) is 8.12. The zero-order chi connectivity index (χ0) is 24.5.